The SMILES string of the molecule is CNCCN(C)C(=O)c1ccc(Cl)cc1C. The van der Waals surface area contributed by atoms with Crippen LogP contribution in [0.1, 0.15) is 15.9 Å². The first-order valence-corrected chi connectivity index (χ1v) is 5.60. The Labute approximate surface area is 101 Å². The lowest BCUT2D eigenvalue weighted by atomic mass is 10.1. The van der Waals surface area contributed by atoms with Crippen molar-refractivity contribution in [3.05, 3.63) is 34.3 Å². The van der Waals surface area contributed by atoms with Crippen LogP contribution in [0.3, 0.4) is 0 Å². The summed E-state index contributed by atoms with van der Waals surface area (Å²) in [6, 6.07) is 5.32. The molecule has 0 aliphatic rings. The molecule has 0 radical (unpaired) electrons. The number of benzene rings is 1. The van der Waals surface area contributed by atoms with E-state index in [1.54, 1.807) is 30.1 Å². The molecule has 1 amide bonds. The van der Waals surface area contributed by atoms with Crippen LogP contribution in [0.5, 0.6) is 0 Å². The number of carbonyl (C=O) groups excluding carboxylic acids is 1. The topological polar surface area (TPSA) is 32.3 Å². The zero-order chi connectivity index (χ0) is 12.1. The highest BCUT2D eigenvalue weighted by Gasteiger charge is 2.13. The van der Waals surface area contributed by atoms with Crippen molar-refractivity contribution in [1.82, 2.24) is 10.2 Å². The molecule has 1 aromatic rings. The fourth-order valence-electron chi connectivity index (χ4n) is 1.45. The Morgan fingerprint density at radius 2 is 2.19 bits per heavy atom. The van der Waals surface area contributed by atoms with Crippen LogP contribution >= 0.6 is 11.6 Å². The fourth-order valence-corrected chi connectivity index (χ4v) is 1.68. The van der Waals surface area contributed by atoms with Crippen LogP contribution in [0.25, 0.3) is 0 Å². The Morgan fingerprint density at radius 3 is 2.75 bits per heavy atom. The molecule has 0 unspecified atom stereocenters. The average molecular weight is 241 g/mol. The first-order chi connectivity index (χ1) is 7.56. The maximum Gasteiger partial charge on any atom is 0.253 e. The first-order valence-electron chi connectivity index (χ1n) is 5.22. The van der Waals surface area contributed by atoms with E-state index in [1.807, 2.05) is 14.0 Å². The number of nitrogens with one attached hydrogen (secondary N) is 1. The number of hydrogen-bond acceptors (Lipinski definition) is 2. The molecular weight excluding hydrogens is 224 g/mol. The molecule has 4 heteroatoms. The predicted molar refractivity (Wildman–Crippen MR) is 67.1 cm³/mol. The van der Waals surface area contributed by atoms with Gasteiger partial charge in [0.2, 0.25) is 0 Å². The molecule has 88 valence electrons. The Kier molecular flexibility index (Phi) is 4.77. The Hall–Kier alpha value is -1.06. The van der Waals surface area contributed by atoms with Gasteiger partial charge < -0.3 is 10.2 Å². The Morgan fingerprint density at radius 1 is 1.50 bits per heavy atom. The van der Waals surface area contributed by atoms with Crippen LogP contribution in [-0.2, 0) is 0 Å². The van der Waals surface area contributed by atoms with Gasteiger partial charge in [0.25, 0.3) is 5.91 Å². The summed E-state index contributed by atoms with van der Waals surface area (Å²) in [6.45, 7) is 3.37. The van der Waals surface area contributed by atoms with E-state index < -0.39 is 0 Å². The molecular formula is C12H17ClN2O. The summed E-state index contributed by atoms with van der Waals surface area (Å²) in [4.78, 5) is 13.7. The van der Waals surface area contributed by atoms with Crippen molar-refractivity contribution in [3.8, 4) is 0 Å². The summed E-state index contributed by atoms with van der Waals surface area (Å²) in [5, 5.41) is 3.67. The van der Waals surface area contributed by atoms with Crippen LogP contribution in [0, 0.1) is 6.92 Å². The van der Waals surface area contributed by atoms with Gasteiger partial charge in [-0.05, 0) is 37.7 Å². The number of aryl methyl sites for hydroxylation is 1. The van der Waals surface area contributed by atoms with Crippen LogP contribution in [-0.4, -0.2) is 38.0 Å². The van der Waals surface area contributed by atoms with E-state index in [2.05, 4.69) is 5.32 Å². The van der Waals surface area contributed by atoms with Gasteiger partial charge in [-0.25, -0.2) is 0 Å². The molecule has 1 N–H and O–H groups in total. The van der Waals surface area contributed by atoms with Gasteiger partial charge in [-0.15, -0.1) is 0 Å². The molecule has 1 aromatic carbocycles. The second-order valence-electron chi connectivity index (χ2n) is 3.79. The molecule has 16 heavy (non-hydrogen) atoms. The molecule has 0 aromatic heterocycles. The summed E-state index contributed by atoms with van der Waals surface area (Å²) in [5.41, 5.74) is 1.62. The number of likely N-dealkylation sites (N-methyl/N-ethyl adjacent to an activating group) is 2. The molecule has 0 fully saturated rings. The zero-order valence-corrected chi connectivity index (χ0v) is 10.6. The van der Waals surface area contributed by atoms with E-state index in [-0.39, 0.29) is 5.91 Å². The van der Waals surface area contributed by atoms with Gasteiger partial charge in [0.05, 0.1) is 0 Å². The third kappa shape index (κ3) is 3.22. The largest absolute Gasteiger partial charge is 0.340 e. The monoisotopic (exact) mass is 240 g/mol. The predicted octanol–water partition coefficient (Wildman–Crippen LogP) is 1.94. The molecule has 0 heterocycles. The van der Waals surface area contributed by atoms with E-state index in [9.17, 15) is 4.79 Å². The minimum Gasteiger partial charge on any atom is -0.340 e. The van der Waals surface area contributed by atoms with Crippen LogP contribution in [0.4, 0.5) is 0 Å². The third-order valence-electron chi connectivity index (χ3n) is 2.46. The van der Waals surface area contributed by atoms with Crippen molar-refractivity contribution in [3.63, 3.8) is 0 Å². The number of halogens is 1. The van der Waals surface area contributed by atoms with Crippen molar-refractivity contribution in [2.24, 2.45) is 0 Å². The quantitative estimate of drug-likeness (QED) is 0.873. The molecule has 0 atom stereocenters. The average Bonchev–Trinajstić information content (AvgIpc) is 2.25. The zero-order valence-electron chi connectivity index (χ0n) is 9.88. The smallest absolute Gasteiger partial charge is 0.253 e. The highest BCUT2D eigenvalue weighted by atomic mass is 35.5. The number of nitrogens with zero attached hydrogens (tertiary/aromatic N) is 1. The van der Waals surface area contributed by atoms with Gasteiger partial charge in [-0.1, -0.05) is 11.6 Å². The lowest BCUT2D eigenvalue weighted by molar-refractivity contribution is 0.0796. The van der Waals surface area contributed by atoms with E-state index in [0.717, 1.165) is 12.1 Å². The fraction of sp³-hybridized carbons (Fsp3) is 0.417. The summed E-state index contributed by atoms with van der Waals surface area (Å²) >= 11 is 5.85. The van der Waals surface area contributed by atoms with Crippen molar-refractivity contribution in [2.75, 3.05) is 27.2 Å². The van der Waals surface area contributed by atoms with Crippen LogP contribution < -0.4 is 5.32 Å². The number of carbonyl (C=O) groups is 1. The molecule has 0 aliphatic heterocycles. The number of rotatable bonds is 4. The van der Waals surface area contributed by atoms with Crippen molar-refractivity contribution < 1.29 is 4.79 Å². The van der Waals surface area contributed by atoms with Crippen molar-refractivity contribution >= 4 is 17.5 Å². The number of hydrogen-bond donors (Lipinski definition) is 1. The van der Waals surface area contributed by atoms with Gasteiger partial charge in [0.1, 0.15) is 0 Å². The molecule has 3 nitrogen and oxygen atoms in total. The molecule has 0 spiro atoms. The second-order valence-corrected chi connectivity index (χ2v) is 4.23. The Balaban J connectivity index is 2.79. The molecule has 0 aliphatic carbocycles. The molecule has 0 saturated heterocycles. The Bertz CT molecular complexity index is 379. The summed E-state index contributed by atoms with van der Waals surface area (Å²) in [5.74, 6) is 0.0319. The maximum atomic E-state index is 12.0. The van der Waals surface area contributed by atoms with E-state index in [1.165, 1.54) is 0 Å². The van der Waals surface area contributed by atoms with E-state index in [0.29, 0.717) is 17.1 Å². The van der Waals surface area contributed by atoms with E-state index >= 15 is 0 Å². The lowest BCUT2D eigenvalue weighted by Gasteiger charge is -2.18. The third-order valence-corrected chi connectivity index (χ3v) is 2.70. The standard InChI is InChI=1S/C12H17ClN2O/c1-9-8-10(13)4-5-11(9)12(16)15(3)7-6-14-2/h4-5,8,14H,6-7H2,1-3H3. The van der Waals surface area contributed by atoms with Gasteiger partial charge in [-0.3, -0.25) is 4.79 Å². The lowest BCUT2D eigenvalue weighted by Crippen LogP contribution is -2.33. The molecule has 0 bridgehead atoms. The maximum absolute atomic E-state index is 12.0. The van der Waals surface area contributed by atoms with Crippen LogP contribution in [0.2, 0.25) is 5.02 Å². The molecule has 1 rings (SSSR count). The van der Waals surface area contributed by atoms with Gasteiger partial charge in [0, 0.05) is 30.7 Å². The molecule has 0 saturated carbocycles. The minimum atomic E-state index is 0.0319. The van der Waals surface area contributed by atoms with Gasteiger partial charge in [-0.2, -0.15) is 0 Å². The second kappa shape index (κ2) is 5.87. The van der Waals surface area contributed by atoms with Gasteiger partial charge >= 0.3 is 0 Å². The van der Waals surface area contributed by atoms with Crippen molar-refractivity contribution in [1.29, 1.82) is 0 Å². The van der Waals surface area contributed by atoms with Gasteiger partial charge in [0.15, 0.2) is 0 Å². The van der Waals surface area contributed by atoms with Crippen LogP contribution in [0.15, 0.2) is 18.2 Å². The minimum absolute atomic E-state index is 0.0319. The highest BCUT2D eigenvalue weighted by molar-refractivity contribution is 6.30. The highest BCUT2D eigenvalue weighted by Crippen LogP contribution is 2.16. The first kappa shape index (κ1) is 13.0. The number of amides is 1. The van der Waals surface area contributed by atoms with Crippen molar-refractivity contribution in [2.45, 2.75) is 6.92 Å². The summed E-state index contributed by atoms with van der Waals surface area (Å²) in [6.07, 6.45) is 0. The summed E-state index contributed by atoms with van der Waals surface area (Å²) in [7, 11) is 3.67. The summed E-state index contributed by atoms with van der Waals surface area (Å²) < 4.78 is 0. The normalized spacial score (nSPS) is 10.2. The van der Waals surface area contributed by atoms with E-state index in [4.69, 9.17) is 11.6 Å².